The van der Waals surface area contributed by atoms with Gasteiger partial charge in [-0.1, -0.05) is 13.8 Å². The Hall–Kier alpha value is -1.36. The summed E-state index contributed by atoms with van der Waals surface area (Å²) in [6.07, 6.45) is 4.03. The monoisotopic (exact) mass is 532 g/mol. The van der Waals surface area contributed by atoms with Gasteiger partial charge >= 0.3 is 5.97 Å². The van der Waals surface area contributed by atoms with E-state index >= 15 is 0 Å². The van der Waals surface area contributed by atoms with Crippen LogP contribution in [-0.4, -0.2) is 75.8 Å². The van der Waals surface area contributed by atoms with Gasteiger partial charge in [-0.15, -0.1) is 0 Å². The maximum atomic E-state index is 12.9. The average molecular weight is 533 g/mol. The molecule has 9 heteroatoms. The second-order valence-corrected chi connectivity index (χ2v) is 13.7. The van der Waals surface area contributed by atoms with Crippen molar-refractivity contribution in [2.45, 2.75) is 114 Å². The van der Waals surface area contributed by atoms with Crippen molar-refractivity contribution >= 4 is 11.8 Å². The number of fused-ring (bicyclic) bond motifs is 7. The first-order valence-electron chi connectivity index (χ1n) is 14.4. The molecule has 0 aromatic heterocycles. The lowest BCUT2D eigenvalue weighted by molar-refractivity contribution is -0.420. The van der Waals surface area contributed by atoms with Gasteiger partial charge in [-0.25, -0.2) is 4.79 Å². The van der Waals surface area contributed by atoms with Gasteiger partial charge in [0.05, 0.1) is 23.9 Å². The Morgan fingerprint density at radius 1 is 0.974 bits per heavy atom. The number of aliphatic hydroxyl groups is 3. The number of carbonyl (C=O) groups excluding carboxylic acids is 2. The third-order valence-corrected chi connectivity index (χ3v) is 12.3. The van der Waals surface area contributed by atoms with Crippen LogP contribution in [0.4, 0.5) is 0 Å². The van der Waals surface area contributed by atoms with Crippen LogP contribution in [0.1, 0.15) is 72.1 Å². The van der Waals surface area contributed by atoms with E-state index in [0.29, 0.717) is 18.9 Å². The van der Waals surface area contributed by atoms with E-state index in [1.54, 1.807) is 13.0 Å². The first kappa shape index (κ1) is 25.6. The average Bonchev–Trinajstić information content (AvgIpc) is 3.41. The second-order valence-electron chi connectivity index (χ2n) is 13.7. The predicted molar refractivity (Wildman–Crippen MR) is 131 cm³/mol. The highest BCUT2D eigenvalue weighted by Crippen LogP contribution is 2.70. The van der Waals surface area contributed by atoms with Gasteiger partial charge < -0.3 is 34.3 Å². The summed E-state index contributed by atoms with van der Waals surface area (Å²) in [5, 5.41) is 33.9. The standard InChI is InChI=1S/C29H40O9/c1-14-23(31)24(32)29(34)25(36-14)37-20-11-16-4-5-19-18(26(16,2)12-21(20)38-29)6-8-27(3)17(7-9-28(19,27)33)15-10-22(30)35-13-15/h10,14,16-21,23,25,31,33-34H,4-9,11-13H2,1-3H3/t14?,16-,17+,18-,19+,20-,21-,23?,25?,26-,27+,28-,29?/m0/s1. The zero-order chi connectivity index (χ0) is 26.8. The molecule has 0 amide bonds. The minimum Gasteiger partial charge on any atom is -0.458 e. The highest BCUT2D eigenvalue weighted by Gasteiger charge is 2.70. The summed E-state index contributed by atoms with van der Waals surface area (Å²) in [4.78, 5) is 24.7. The second kappa shape index (κ2) is 8.10. The first-order valence-corrected chi connectivity index (χ1v) is 14.4. The third-order valence-electron chi connectivity index (χ3n) is 12.3. The lowest BCUT2D eigenvalue weighted by atomic mass is 9.43. The number of ketones is 1. The number of aliphatic hydroxyl groups excluding tert-OH is 1. The van der Waals surface area contributed by atoms with Crippen molar-refractivity contribution in [3.63, 3.8) is 0 Å². The lowest BCUT2D eigenvalue weighted by Crippen LogP contribution is -2.72. The molecule has 4 saturated carbocycles. The largest absolute Gasteiger partial charge is 0.458 e. The molecule has 2 saturated heterocycles. The molecule has 0 spiro atoms. The summed E-state index contributed by atoms with van der Waals surface area (Å²) < 4.78 is 23.2. The number of ether oxygens (including phenoxy) is 4. The summed E-state index contributed by atoms with van der Waals surface area (Å²) in [5.41, 5.74) is -0.251. The molecule has 0 radical (unpaired) electrons. The van der Waals surface area contributed by atoms with Gasteiger partial charge in [-0.3, -0.25) is 4.79 Å². The van der Waals surface area contributed by atoms with Gasteiger partial charge in [-0.05, 0) is 93.0 Å². The number of Topliss-reactive ketones (excluding diaryl/α,β-unsaturated/α-hetero) is 1. The minimum atomic E-state index is -2.32. The number of cyclic esters (lactones) is 1. The molecule has 0 aromatic rings. The van der Waals surface area contributed by atoms with Crippen molar-refractivity contribution in [2.24, 2.45) is 34.5 Å². The molecule has 7 aliphatic rings. The number of hydrogen-bond donors (Lipinski definition) is 3. The first-order chi connectivity index (χ1) is 17.9. The fraction of sp³-hybridized carbons (Fsp3) is 0.862. The van der Waals surface area contributed by atoms with Crippen molar-refractivity contribution in [2.75, 3.05) is 6.61 Å². The molecule has 3 N–H and O–H groups in total. The highest BCUT2D eigenvalue weighted by molar-refractivity contribution is 5.91. The van der Waals surface area contributed by atoms with Crippen LogP contribution in [0.2, 0.25) is 0 Å². The van der Waals surface area contributed by atoms with E-state index in [-0.39, 0.29) is 40.7 Å². The lowest BCUT2D eigenvalue weighted by Gasteiger charge is -2.65. The Kier molecular flexibility index (Phi) is 5.46. The summed E-state index contributed by atoms with van der Waals surface area (Å²) in [7, 11) is 0. The third kappa shape index (κ3) is 3.15. The van der Waals surface area contributed by atoms with Crippen LogP contribution >= 0.6 is 0 Å². The normalized spacial score (nSPS) is 57.6. The summed E-state index contributed by atoms with van der Waals surface area (Å²) in [5.74, 6) is -2.48. The fourth-order valence-electron chi connectivity index (χ4n) is 10.2. The van der Waals surface area contributed by atoms with E-state index in [1.165, 1.54) is 0 Å². The van der Waals surface area contributed by atoms with Crippen molar-refractivity contribution in [1.82, 2.24) is 0 Å². The van der Waals surface area contributed by atoms with Crippen LogP contribution in [0.3, 0.4) is 0 Å². The maximum Gasteiger partial charge on any atom is 0.331 e. The SMILES string of the molecule is CC1OC2O[C@H]3C[C@@H]4CC[C@@H]5[C@H](CC[C@]6(C)[C@@H](C7=CC(=O)OC7)CC[C@]56O)[C@@]4(C)C[C@@H]3OC2(O)C(=O)C1O. The van der Waals surface area contributed by atoms with Crippen molar-refractivity contribution in [3.8, 4) is 0 Å². The molecule has 6 fully saturated rings. The fourth-order valence-corrected chi connectivity index (χ4v) is 10.2. The number of carbonyl (C=O) groups is 2. The molecule has 13 atom stereocenters. The van der Waals surface area contributed by atoms with Gasteiger partial charge in [0, 0.05) is 11.5 Å². The highest BCUT2D eigenvalue weighted by atomic mass is 16.8. The van der Waals surface area contributed by atoms with E-state index in [4.69, 9.17) is 18.9 Å². The van der Waals surface area contributed by atoms with Crippen LogP contribution in [0.15, 0.2) is 11.6 Å². The van der Waals surface area contributed by atoms with Crippen molar-refractivity contribution in [1.29, 1.82) is 0 Å². The maximum absolute atomic E-state index is 12.9. The van der Waals surface area contributed by atoms with Gasteiger partial charge in [0.2, 0.25) is 12.1 Å². The molecule has 3 heterocycles. The van der Waals surface area contributed by atoms with Gasteiger partial charge in [0.15, 0.2) is 0 Å². The molecule has 3 aliphatic heterocycles. The van der Waals surface area contributed by atoms with Crippen LogP contribution in [0.5, 0.6) is 0 Å². The quantitative estimate of drug-likeness (QED) is 0.343. The molecule has 9 nitrogen and oxygen atoms in total. The van der Waals surface area contributed by atoms with E-state index in [2.05, 4.69) is 13.8 Å². The Morgan fingerprint density at radius 2 is 1.76 bits per heavy atom. The van der Waals surface area contributed by atoms with E-state index in [9.17, 15) is 24.9 Å². The van der Waals surface area contributed by atoms with Gasteiger partial charge in [0.25, 0.3) is 5.79 Å². The molecular formula is C29H40O9. The summed E-state index contributed by atoms with van der Waals surface area (Å²) >= 11 is 0. The predicted octanol–water partition coefficient (Wildman–Crippen LogP) is 2.00. The van der Waals surface area contributed by atoms with Crippen molar-refractivity contribution in [3.05, 3.63) is 11.6 Å². The smallest absolute Gasteiger partial charge is 0.331 e. The zero-order valence-corrected chi connectivity index (χ0v) is 22.4. The van der Waals surface area contributed by atoms with Crippen LogP contribution < -0.4 is 0 Å². The molecule has 0 bridgehead atoms. The van der Waals surface area contributed by atoms with Crippen LogP contribution in [0, 0.1) is 34.5 Å². The topological polar surface area (TPSA) is 132 Å². The number of rotatable bonds is 1. The van der Waals surface area contributed by atoms with E-state index in [0.717, 1.165) is 50.5 Å². The molecular weight excluding hydrogens is 492 g/mol. The molecule has 38 heavy (non-hydrogen) atoms. The van der Waals surface area contributed by atoms with Crippen LogP contribution in [-0.2, 0) is 28.5 Å². The van der Waals surface area contributed by atoms with Gasteiger partial charge in [-0.2, -0.15) is 0 Å². The molecule has 210 valence electrons. The van der Waals surface area contributed by atoms with E-state index in [1.807, 2.05) is 0 Å². The Bertz CT molecular complexity index is 1090. The number of hydrogen-bond acceptors (Lipinski definition) is 9. The Balaban J connectivity index is 1.16. The molecule has 4 unspecified atom stereocenters. The number of esters is 1. The van der Waals surface area contributed by atoms with E-state index < -0.39 is 41.8 Å². The molecule has 7 rings (SSSR count). The minimum absolute atomic E-state index is 0.130. The zero-order valence-electron chi connectivity index (χ0n) is 22.4. The molecule has 0 aromatic carbocycles. The summed E-state index contributed by atoms with van der Waals surface area (Å²) in [6.45, 7) is 6.43. The van der Waals surface area contributed by atoms with Gasteiger partial charge in [0.1, 0.15) is 12.7 Å². The van der Waals surface area contributed by atoms with Crippen LogP contribution in [0.25, 0.3) is 0 Å². The molecule has 4 aliphatic carbocycles. The Morgan fingerprint density at radius 3 is 2.50 bits per heavy atom. The van der Waals surface area contributed by atoms with Crippen molar-refractivity contribution < 1.29 is 43.9 Å². The Labute approximate surface area is 222 Å². The summed E-state index contributed by atoms with van der Waals surface area (Å²) in [6, 6.07) is 0.